The summed E-state index contributed by atoms with van der Waals surface area (Å²) in [6.07, 6.45) is 12.5. The summed E-state index contributed by atoms with van der Waals surface area (Å²) in [7, 11) is 0. The predicted molar refractivity (Wildman–Crippen MR) is 194 cm³/mol. The Kier molecular flexibility index (Phi) is 8.90. The highest BCUT2D eigenvalue weighted by molar-refractivity contribution is 6.03. The molecule has 0 aromatic heterocycles. The zero-order chi connectivity index (χ0) is 35.1. The SMILES string of the molecule is CCN(CC)C1C=CC2=C(c3ccccc3C(=O)O)c3cc4c(cc3OC2=C1)C(c1ccccc1C(=O)O)=C1C=CC(N(CC)CC)C=C1O4. The number of carboxylic acids is 2. The maximum absolute atomic E-state index is 12.6. The van der Waals surface area contributed by atoms with Crippen molar-refractivity contribution in [1.29, 1.82) is 0 Å². The lowest BCUT2D eigenvalue weighted by Crippen LogP contribution is -2.34. The molecule has 2 heterocycles. The molecule has 3 aromatic carbocycles. The molecule has 0 spiro atoms. The number of benzene rings is 3. The maximum atomic E-state index is 12.6. The fourth-order valence-electron chi connectivity index (χ4n) is 7.49. The Morgan fingerprint density at radius 2 is 0.980 bits per heavy atom. The minimum atomic E-state index is -1.02. The number of allylic oxidation sites excluding steroid dienone is 2. The minimum absolute atomic E-state index is 0.00109. The number of aromatic carboxylic acids is 2. The average molecular weight is 669 g/mol. The lowest BCUT2D eigenvalue weighted by molar-refractivity contribution is 0.0685. The average Bonchev–Trinajstić information content (AvgIpc) is 3.13. The second-order valence-corrected chi connectivity index (χ2v) is 12.5. The van der Waals surface area contributed by atoms with Crippen molar-refractivity contribution < 1.29 is 29.3 Å². The molecule has 50 heavy (non-hydrogen) atoms. The van der Waals surface area contributed by atoms with Crippen molar-refractivity contribution in [3.05, 3.63) is 153 Å². The summed E-state index contributed by atoms with van der Waals surface area (Å²) >= 11 is 0. The van der Waals surface area contributed by atoms with Crippen molar-refractivity contribution in [2.45, 2.75) is 39.8 Å². The lowest BCUT2D eigenvalue weighted by atomic mass is 9.81. The van der Waals surface area contributed by atoms with E-state index in [9.17, 15) is 19.8 Å². The van der Waals surface area contributed by atoms with E-state index in [2.05, 4.69) is 61.8 Å². The van der Waals surface area contributed by atoms with E-state index in [1.807, 2.05) is 48.6 Å². The molecule has 8 heteroatoms. The van der Waals surface area contributed by atoms with Crippen LogP contribution in [0.3, 0.4) is 0 Å². The third-order valence-corrected chi connectivity index (χ3v) is 10.0. The summed E-state index contributed by atoms with van der Waals surface area (Å²) in [6, 6.07) is 17.9. The molecule has 2 N–H and O–H groups in total. The molecule has 2 atom stereocenters. The van der Waals surface area contributed by atoms with Gasteiger partial charge in [0.05, 0.1) is 23.2 Å². The van der Waals surface area contributed by atoms with Crippen LogP contribution in [0.5, 0.6) is 11.5 Å². The number of nitrogens with zero attached hydrogens (tertiary/aromatic N) is 2. The number of likely N-dealkylation sites (N-methyl/N-ethyl adjacent to an activating group) is 2. The molecule has 0 saturated carbocycles. The summed E-state index contributed by atoms with van der Waals surface area (Å²) < 4.78 is 13.5. The van der Waals surface area contributed by atoms with E-state index < -0.39 is 11.9 Å². The molecular formula is C42H40N2O6. The van der Waals surface area contributed by atoms with E-state index in [0.717, 1.165) is 48.5 Å². The van der Waals surface area contributed by atoms with E-state index in [-0.39, 0.29) is 23.2 Å². The highest BCUT2D eigenvalue weighted by Crippen LogP contribution is 2.51. The topological polar surface area (TPSA) is 99.5 Å². The second-order valence-electron chi connectivity index (χ2n) is 12.5. The van der Waals surface area contributed by atoms with E-state index >= 15 is 0 Å². The maximum Gasteiger partial charge on any atom is 0.336 e. The van der Waals surface area contributed by atoms with Crippen molar-refractivity contribution in [2.24, 2.45) is 0 Å². The van der Waals surface area contributed by atoms with Gasteiger partial charge >= 0.3 is 11.9 Å². The molecule has 0 saturated heterocycles. The largest absolute Gasteiger partial charge is 0.478 e. The third-order valence-electron chi connectivity index (χ3n) is 10.0. The zero-order valence-corrected chi connectivity index (χ0v) is 28.6. The first kappa shape index (κ1) is 33.1. The first-order valence-corrected chi connectivity index (χ1v) is 17.2. The summed E-state index contributed by atoms with van der Waals surface area (Å²) in [5, 5.41) is 20.6. The molecule has 4 aliphatic rings. The monoisotopic (exact) mass is 668 g/mol. The van der Waals surface area contributed by atoms with Gasteiger partial charge in [-0.25, -0.2) is 9.59 Å². The van der Waals surface area contributed by atoms with Gasteiger partial charge in [-0.3, -0.25) is 9.80 Å². The van der Waals surface area contributed by atoms with Crippen LogP contribution in [0.25, 0.3) is 11.1 Å². The Balaban J connectivity index is 1.50. The second kappa shape index (κ2) is 13.5. The van der Waals surface area contributed by atoms with Crippen LogP contribution in [0.15, 0.2) is 120 Å². The molecule has 3 aromatic rings. The summed E-state index contributed by atoms with van der Waals surface area (Å²) in [6.45, 7) is 11.9. The number of hydrogen-bond acceptors (Lipinski definition) is 6. The summed E-state index contributed by atoms with van der Waals surface area (Å²) in [5.74, 6) is 0.303. The van der Waals surface area contributed by atoms with Gasteiger partial charge in [0.25, 0.3) is 0 Å². The number of carboxylic acid groups (broad SMARTS) is 2. The molecule has 0 amide bonds. The quantitative estimate of drug-likeness (QED) is 0.226. The number of fused-ring (bicyclic) bond motifs is 4. The molecule has 0 bridgehead atoms. The van der Waals surface area contributed by atoms with E-state index in [0.29, 0.717) is 45.3 Å². The van der Waals surface area contributed by atoms with Crippen molar-refractivity contribution in [2.75, 3.05) is 26.2 Å². The van der Waals surface area contributed by atoms with Gasteiger partial charge in [0.1, 0.15) is 23.0 Å². The van der Waals surface area contributed by atoms with Gasteiger partial charge in [-0.2, -0.15) is 0 Å². The predicted octanol–water partition coefficient (Wildman–Crippen LogP) is 7.80. The Labute approximate surface area is 292 Å². The molecule has 254 valence electrons. The zero-order valence-electron chi connectivity index (χ0n) is 28.6. The first-order valence-electron chi connectivity index (χ1n) is 17.2. The summed E-state index contributed by atoms with van der Waals surface area (Å²) in [4.78, 5) is 29.8. The minimum Gasteiger partial charge on any atom is -0.478 e. The fourth-order valence-corrected chi connectivity index (χ4v) is 7.49. The fraction of sp³-hybridized carbons (Fsp3) is 0.238. The first-order chi connectivity index (χ1) is 24.3. The number of carbonyl (C=O) groups is 2. The van der Waals surface area contributed by atoms with Crippen molar-refractivity contribution in [3.63, 3.8) is 0 Å². The molecule has 7 rings (SSSR count). The van der Waals surface area contributed by atoms with Gasteiger partial charge in [0, 0.05) is 33.4 Å². The smallest absolute Gasteiger partial charge is 0.336 e. The van der Waals surface area contributed by atoms with E-state index in [4.69, 9.17) is 9.47 Å². The molecule has 0 radical (unpaired) electrons. The normalized spacial score (nSPS) is 18.8. The Bertz CT molecular complexity index is 1940. The standard InChI is InChI=1S/C42H40N2O6/c1-5-43(6-2)25-17-19-31-35(21-25)49-37-23-34-38(24-33(37)39(31)27-13-9-11-15-29(27)41(45)46)50-36-22-26(44(7-3)8-4)18-20-32(36)40(34)28-14-10-12-16-30(28)42(47)48/h9-26H,5-8H2,1-4H3,(H,45,46)(H,47,48). The van der Waals surface area contributed by atoms with Crippen LogP contribution >= 0.6 is 0 Å². The third kappa shape index (κ3) is 5.60. The van der Waals surface area contributed by atoms with Gasteiger partial charge in [0.2, 0.25) is 0 Å². The van der Waals surface area contributed by atoms with Gasteiger partial charge in [0.15, 0.2) is 0 Å². The van der Waals surface area contributed by atoms with Crippen molar-refractivity contribution in [3.8, 4) is 11.5 Å². The molecule has 2 unspecified atom stereocenters. The van der Waals surface area contributed by atoms with Crippen LogP contribution in [0, 0.1) is 0 Å². The van der Waals surface area contributed by atoms with Gasteiger partial charge in [-0.1, -0.05) is 88.4 Å². The summed E-state index contributed by atoms with van der Waals surface area (Å²) in [5.41, 5.74) is 5.94. The van der Waals surface area contributed by atoms with Crippen LogP contribution in [0.4, 0.5) is 0 Å². The Morgan fingerprint density at radius 1 is 0.600 bits per heavy atom. The van der Waals surface area contributed by atoms with Crippen LogP contribution < -0.4 is 9.47 Å². The highest BCUT2D eigenvalue weighted by Gasteiger charge is 2.35. The van der Waals surface area contributed by atoms with Crippen molar-refractivity contribution in [1.82, 2.24) is 9.80 Å². The van der Waals surface area contributed by atoms with Gasteiger partial charge < -0.3 is 19.7 Å². The number of ether oxygens (including phenoxy) is 2. The Hall–Kier alpha value is -5.44. The van der Waals surface area contributed by atoms with Crippen LogP contribution in [-0.2, 0) is 0 Å². The Morgan fingerprint density at radius 3 is 1.34 bits per heavy atom. The molecular weight excluding hydrogens is 628 g/mol. The number of hydrogen-bond donors (Lipinski definition) is 2. The van der Waals surface area contributed by atoms with Gasteiger partial charge in [-0.15, -0.1) is 0 Å². The van der Waals surface area contributed by atoms with Crippen molar-refractivity contribution >= 4 is 23.1 Å². The van der Waals surface area contributed by atoms with Crippen LogP contribution in [-0.4, -0.2) is 70.2 Å². The van der Waals surface area contributed by atoms with Crippen LogP contribution in [0.2, 0.25) is 0 Å². The lowest BCUT2D eigenvalue weighted by Gasteiger charge is -2.35. The molecule has 8 nitrogen and oxygen atoms in total. The van der Waals surface area contributed by atoms with Crippen LogP contribution in [0.1, 0.15) is 70.7 Å². The van der Waals surface area contributed by atoms with Gasteiger partial charge in [-0.05, 0) is 73.7 Å². The van der Waals surface area contributed by atoms with E-state index in [1.165, 1.54) is 0 Å². The molecule has 2 aliphatic heterocycles. The number of rotatable bonds is 10. The van der Waals surface area contributed by atoms with E-state index in [1.54, 1.807) is 24.3 Å². The molecule has 0 fully saturated rings. The highest BCUT2D eigenvalue weighted by atomic mass is 16.5. The molecule has 2 aliphatic carbocycles.